The minimum atomic E-state index is -4.61. The average Bonchev–Trinajstić information content (AvgIpc) is 3.02. The van der Waals surface area contributed by atoms with Crippen LogP contribution in [0.15, 0.2) is 36.4 Å². The molecular formula is C26H31ClF3N3O2. The first-order valence-corrected chi connectivity index (χ1v) is 12.0. The molecule has 35 heavy (non-hydrogen) atoms. The second-order valence-electron chi connectivity index (χ2n) is 9.18. The van der Waals surface area contributed by atoms with Gasteiger partial charge in [0.05, 0.1) is 16.9 Å². The van der Waals surface area contributed by atoms with Crippen LogP contribution < -0.4 is 10.2 Å². The summed E-state index contributed by atoms with van der Waals surface area (Å²) >= 11 is 5.93. The molecule has 0 bridgehead atoms. The van der Waals surface area contributed by atoms with Gasteiger partial charge in [-0.3, -0.25) is 9.59 Å². The molecule has 0 aromatic heterocycles. The lowest BCUT2D eigenvalue weighted by molar-refractivity contribution is -0.137. The highest BCUT2D eigenvalue weighted by molar-refractivity contribution is 6.31. The number of para-hydroxylation sites is 1. The summed E-state index contributed by atoms with van der Waals surface area (Å²) in [5.41, 5.74) is 0.396. The second-order valence-corrected chi connectivity index (χ2v) is 9.62. The first-order chi connectivity index (χ1) is 16.3. The van der Waals surface area contributed by atoms with Crippen LogP contribution in [0.25, 0.3) is 0 Å². The molecule has 190 valence electrons. The Morgan fingerprint density at radius 3 is 2.31 bits per heavy atom. The van der Waals surface area contributed by atoms with Crippen molar-refractivity contribution < 1.29 is 22.8 Å². The molecule has 1 fully saturated rings. The van der Waals surface area contributed by atoms with Crippen LogP contribution >= 0.6 is 11.6 Å². The molecule has 0 radical (unpaired) electrons. The number of nitrogens with zero attached hydrogens (tertiary/aromatic N) is 2. The second kappa shape index (κ2) is 10.2. The van der Waals surface area contributed by atoms with Crippen LogP contribution in [0, 0.1) is 25.2 Å². The standard InChI is InChI=1S/C26H31ClF3N3O2/c1-6-32(7-2)14-25(24(35)31-21-12-19(26(28,29)30)11-20(27)13-21)15-33(23(34)18(25)5)22-16(3)9-8-10-17(22)4/h8-13,18H,6-7,14-15H2,1-5H3,(H,31,35)/t18-,25-/m1/s1. The molecule has 0 aliphatic carbocycles. The maximum atomic E-state index is 13.8. The van der Waals surface area contributed by atoms with Crippen LogP contribution in [0.3, 0.4) is 0 Å². The number of amides is 2. The molecule has 1 aliphatic heterocycles. The Balaban J connectivity index is 2.06. The van der Waals surface area contributed by atoms with E-state index < -0.39 is 29.0 Å². The Labute approximate surface area is 209 Å². The van der Waals surface area contributed by atoms with Gasteiger partial charge in [0.25, 0.3) is 0 Å². The minimum Gasteiger partial charge on any atom is -0.325 e. The van der Waals surface area contributed by atoms with E-state index in [4.69, 9.17) is 11.6 Å². The molecule has 2 atom stereocenters. The molecule has 3 rings (SSSR count). The van der Waals surface area contributed by atoms with Crippen LogP contribution in [-0.2, 0) is 15.8 Å². The van der Waals surface area contributed by atoms with E-state index in [2.05, 4.69) is 10.2 Å². The van der Waals surface area contributed by atoms with Crippen LogP contribution in [0.2, 0.25) is 5.02 Å². The first-order valence-electron chi connectivity index (χ1n) is 11.6. The molecule has 0 saturated carbocycles. The molecule has 5 nitrogen and oxygen atoms in total. The molecule has 1 heterocycles. The topological polar surface area (TPSA) is 52.7 Å². The van der Waals surface area contributed by atoms with Gasteiger partial charge < -0.3 is 15.1 Å². The van der Waals surface area contributed by atoms with Crippen LogP contribution in [-0.4, -0.2) is 42.9 Å². The summed E-state index contributed by atoms with van der Waals surface area (Å²) in [6.45, 7) is 11.2. The number of carbonyl (C=O) groups is 2. The summed E-state index contributed by atoms with van der Waals surface area (Å²) in [6, 6.07) is 8.69. The number of hydrogen-bond donors (Lipinski definition) is 1. The smallest absolute Gasteiger partial charge is 0.325 e. The van der Waals surface area contributed by atoms with Gasteiger partial charge in [-0.1, -0.05) is 50.6 Å². The Morgan fingerprint density at radius 1 is 1.17 bits per heavy atom. The van der Waals surface area contributed by atoms with E-state index in [1.54, 1.807) is 11.8 Å². The van der Waals surface area contributed by atoms with Crippen molar-refractivity contribution in [2.24, 2.45) is 11.3 Å². The highest BCUT2D eigenvalue weighted by Gasteiger charge is 2.56. The predicted molar refractivity (Wildman–Crippen MR) is 133 cm³/mol. The van der Waals surface area contributed by atoms with E-state index in [0.717, 1.165) is 28.9 Å². The summed E-state index contributed by atoms with van der Waals surface area (Å²) in [5.74, 6) is -1.38. The van der Waals surface area contributed by atoms with Gasteiger partial charge in [0.2, 0.25) is 11.8 Å². The lowest BCUT2D eigenvalue weighted by Crippen LogP contribution is -2.50. The van der Waals surface area contributed by atoms with Gasteiger partial charge in [-0.2, -0.15) is 13.2 Å². The van der Waals surface area contributed by atoms with Gasteiger partial charge in [-0.25, -0.2) is 0 Å². The molecule has 0 spiro atoms. The van der Waals surface area contributed by atoms with Crippen molar-refractivity contribution in [3.8, 4) is 0 Å². The molecule has 9 heteroatoms. The third kappa shape index (κ3) is 5.33. The molecule has 1 saturated heterocycles. The normalized spacial score (nSPS) is 20.6. The third-order valence-corrected chi connectivity index (χ3v) is 7.17. The van der Waals surface area contributed by atoms with E-state index in [1.165, 1.54) is 6.07 Å². The Hall–Kier alpha value is -2.58. The van der Waals surface area contributed by atoms with Crippen molar-refractivity contribution in [3.05, 3.63) is 58.1 Å². The quantitative estimate of drug-likeness (QED) is 0.503. The van der Waals surface area contributed by atoms with E-state index in [9.17, 15) is 22.8 Å². The average molecular weight is 510 g/mol. The van der Waals surface area contributed by atoms with Crippen molar-refractivity contribution in [2.75, 3.05) is 36.4 Å². The highest BCUT2D eigenvalue weighted by Crippen LogP contribution is 2.43. The fourth-order valence-corrected chi connectivity index (χ4v) is 5.08. The summed E-state index contributed by atoms with van der Waals surface area (Å²) in [7, 11) is 0. The minimum absolute atomic E-state index is 0.0566. The van der Waals surface area contributed by atoms with Crippen LogP contribution in [0.1, 0.15) is 37.5 Å². The lowest BCUT2D eigenvalue weighted by Gasteiger charge is -2.35. The largest absolute Gasteiger partial charge is 0.416 e. The maximum Gasteiger partial charge on any atom is 0.416 e. The maximum absolute atomic E-state index is 13.8. The van der Waals surface area contributed by atoms with E-state index in [0.29, 0.717) is 13.1 Å². The van der Waals surface area contributed by atoms with Gasteiger partial charge in [-0.05, 0) is 56.3 Å². The summed E-state index contributed by atoms with van der Waals surface area (Å²) in [4.78, 5) is 31.1. The number of hydrogen-bond acceptors (Lipinski definition) is 3. The SMILES string of the molecule is CCN(CC)C[C@@]1(C(=O)Nc2cc(Cl)cc(C(F)(F)F)c2)CN(c2c(C)cccc2C)C(=O)[C@H]1C. The Morgan fingerprint density at radius 2 is 1.77 bits per heavy atom. The molecule has 2 amide bonds. The van der Waals surface area contributed by atoms with Gasteiger partial charge in [0, 0.05) is 29.5 Å². The number of alkyl halides is 3. The van der Waals surface area contributed by atoms with E-state index in [-0.39, 0.29) is 29.7 Å². The fourth-order valence-electron chi connectivity index (χ4n) is 4.84. The summed E-state index contributed by atoms with van der Waals surface area (Å²) < 4.78 is 40.0. The van der Waals surface area contributed by atoms with E-state index >= 15 is 0 Å². The van der Waals surface area contributed by atoms with Gasteiger partial charge in [0.15, 0.2) is 0 Å². The lowest BCUT2D eigenvalue weighted by atomic mass is 9.77. The zero-order valence-corrected chi connectivity index (χ0v) is 21.3. The number of benzene rings is 2. The zero-order valence-electron chi connectivity index (χ0n) is 20.6. The van der Waals surface area contributed by atoms with Gasteiger partial charge in [0.1, 0.15) is 0 Å². The number of halogens is 4. The molecule has 1 N–H and O–H groups in total. The molecule has 2 aromatic carbocycles. The van der Waals surface area contributed by atoms with Crippen molar-refractivity contribution in [1.82, 2.24) is 4.90 Å². The molecular weight excluding hydrogens is 479 g/mol. The zero-order chi connectivity index (χ0) is 26.1. The van der Waals surface area contributed by atoms with Crippen LogP contribution in [0.4, 0.5) is 24.5 Å². The highest BCUT2D eigenvalue weighted by atomic mass is 35.5. The van der Waals surface area contributed by atoms with Crippen molar-refractivity contribution in [3.63, 3.8) is 0 Å². The van der Waals surface area contributed by atoms with E-state index in [1.807, 2.05) is 45.9 Å². The number of nitrogens with one attached hydrogen (secondary N) is 1. The van der Waals surface area contributed by atoms with Gasteiger partial charge >= 0.3 is 6.18 Å². The van der Waals surface area contributed by atoms with Crippen molar-refractivity contribution in [1.29, 1.82) is 0 Å². The summed E-state index contributed by atoms with van der Waals surface area (Å²) in [5, 5.41) is 2.52. The Kier molecular flexibility index (Phi) is 7.86. The number of rotatable bonds is 7. The fraction of sp³-hybridized carbons (Fsp3) is 0.462. The number of aryl methyl sites for hydroxylation is 2. The molecule has 2 aromatic rings. The summed E-state index contributed by atoms with van der Waals surface area (Å²) in [6.07, 6.45) is -4.61. The third-order valence-electron chi connectivity index (χ3n) is 6.95. The monoisotopic (exact) mass is 509 g/mol. The van der Waals surface area contributed by atoms with Crippen molar-refractivity contribution >= 4 is 34.8 Å². The van der Waals surface area contributed by atoms with Crippen LogP contribution in [0.5, 0.6) is 0 Å². The molecule has 0 unspecified atom stereocenters. The van der Waals surface area contributed by atoms with Gasteiger partial charge in [-0.15, -0.1) is 0 Å². The predicted octanol–water partition coefficient (Wildman–Crippen LogP) is 5.93. The first kappa shape index (κ1) is 27.0. The number of anilines is 2. The van der Waals surface area contributed by atoms with Crippen molar-refractivity contribution in [2.45, 2.75) is 40.8 Å². The molecule has 1 aliphatic rings. The number of carbonyl (C=O) groups excluding carboxylic acids is 2. The Bertz CT molecular complexity index is 1100.